The van der Waals surface area contributed by atoms with Crippen molar-refractivity contribution in [1.29, 1.82) is 0 Å². The Balaban J connectivity index is 1.56. The topological polar surface area (TPSA) is 29.5 Å². The molecule has 0 amide bonds. The molecule has 0 bridgehead atoms. The van der Waals surface area contributed by atoms with Crippen molar-refractivity contribution in [2.75, 3.05) is 6.61 Å². The van der Waals surface area contributed by atoms with Gasteiger partial charge in [0.25, 0.3) is 8.32 Å². The zero-order chi connectivity index (χ0) is 23.7. The molecule has 180 valence electrons. The summed E-state index contributed by atoms with van der Waals surface area (Å²) in [5.41, 5.74) is 0.300. The van der Waals surface area contributed by atoms with Crippen molar-refractivity contribution in [3.05, 3.63) is 60.7 Å². The highest BCUT2D eigenvalue weighted by molar-refractivity contribution is 6.99. The highest BCUT2D eigenvalue weighted by atomic mass is 28.4. The number of aliphatic hydroxyl groups excluding tert-OH is 1. The lowest BCUT2D eigenvalue weighted by Gasteiger charge is -2.46. The molecule has 0 unspecified atom stereocenters. The first-order chi connectivity index (χ1) is 15.7. The first-order valence-corrected chi connectivity index (χ1v) is 15.0. The van der Waals surface area contributed by atoms with Crippen LogP contribution in [0.4, 0.5) is 0 Å². The second-order valence-electron chi connectivity index (χ2n) is 12.0. The van der Waals surface area contributed by atoms with Crippen LogP contribution in [0.3, 0.4) is 0 Å². The van der Waals surface area contributed by atoms with Gasteiger partial charge in [0.15, 0.2) is 0 Å². The van der Waals surface area contributed by atoms with E-state index in [0.29, 0.717) is 23.2 Å². The maximum Gasteiger partial charge on any atom is 0.261 e. The molecule has 0 radical (unpaired) electrons. The second kappa shape index (κ2) is 9.68. The van der Waals surface area contributed by atoms with Gasteiger partial charge < -0.3 is 9.53 Å². The van der Waals surface area contributed by atoms with Crippen molar-refractivity contribution in [3.8, 4) is 0 Å². The summed E-state index contributed by atoms with van der Waals surface area (Å²) in [6, 6.07) is 22.0. The number of hydrogen-bond donors (Lipinski definition) is 1. The van der Waals surface area contributed by atoms with Crippen LogP contribution >= 0.6 is 0 Å². The van der Waals surface area contributed by atoms with Gasteiger partial charge in [-0.3, -0.25) is 0 Å². The average molecular weight is 465 g/mol. The fraction of sp³-hybridized carbons (Fsp3) is 0.600. The Bertz CT molecular complexity index is 851. The van der Waals surface area contributed by atoms with Crippen molar-refractivity contribution < 1.29 is 9.53 Å². The van der Waals surface area contributed by atoms with E-state index in [9.17, 15) is 5.11 Å². The van der Waals surface area contributed by atoms with Crippen molar-refractivity contribution in [1.82, 2.24) is 0 Å². The van der Waals surface area contributed by atoms with E-state index in [4.69, 9.17) is 4.43 Å². The Hall–Kier alpha value is -1.42. The molecule has 2 aliphatic rings. The number of rotatable bonds is 7. The average Bonchev–Trinajstić information content (AvgIpc) is 3.15. The van der Waals surface area contributed by atoms with Crippen LogP contribution in [0.25, 0.3) is 0 Å². The summed E-state index contributed by atoms with van der Waals surface area (Å²) in [4.78, 5) is 0. The molecular weight excluding hydrogens is 420 g/mol. The van der Waals surface area contributed by atoms with Crippen LogP contribution < -0.4 is 10.4 Å². The highest BCUT2D eigenvalue weighted by Gasteiger charge is 2.53. The third kappa shape index (κ3) is 4.49. The van der Waals surface area contributed by atoms with E-state index in [1.54, 1.807) is 0 Å². The Labute approximate surface area is 202 Å². The van der Waals surface area contributed by atoms with Crippen LogP contribution in [0.5, 0.6) is 0 Å². The highest BCUT2D eigenvalue weighted by Crippen LogP contribution is 2.58. The second-order valence-corrected chi connectivity index (χ2v) is 16.3. The maximum absolute atomic E-state index is 10.6. The van der Waals surface area contributed by atoms with Gasteiger partial charge in [-0.15, -0.1) is 0 Å². The molecule has 2 aromatic rings. The van der Waals surface area contributed by atoms with E-state index in [1.807, 2.05) is 0 Å². The number of aliphatic hydroxyl groups is 1. The van der Waals surface area contributed by atoms with Gasteiger partial charge in [0.1, 0.15) is 0 Å². The Morgan fingerprint density at radius 1 is 0.970 bits per heavy atom. The van der Waals surface area contributed by atoms with Crippen molar-refractivity contribution in [3.63, 3.8) is 0 Å². The lowest BCUT2D eigenvalue weighted by molar-refractivity contribution is -0.0286. The molecule has 2 fully saturated rings. The van der Waals surface area contributed by atoms with E-state index in [-0.39, 0.29) is 11.1 Å². The molecule has 0 aromatic heterocycles. The predicted molar refractivity (Wildman–Crippen MR) is 142 cm³/mol. The van der Waals surface area contributed by atoms with E-state index in [1.165, 1.54) is 36.1 Å². The number of hydrogen-bond acceptors (Lipinski definition) is 2. The lowest BCUT2D eigenvalue weighted by atomic mass is 9.61. The van der Waals surface area contributed by atoms with E-state index in [2.05, 4.69) is 95.3 Å². The summed E-state index contributed by atoms with van der Waals surface area (Å²) >= 11 is 0. The molecule has 2 aromatic carbocycles. The predicted octanol–water partition coefficient (Wildman–Crippen LogP) is 6.17. The molecule has 0 spiro atoms. The van der Waals surface area contributed by atoms with Crippen LogP contribution in [0.1, 0.15) is 73.1 Å². The van der Waals surface area contributed by atoms with Crippen LogP contribution in [0, 0.1) is 23.2 Å². The SMILES string of the molecule is C[C@H](CCO[Si](c1ccccc1)(c1ccccc1)C(C)(C)C)[C@H]1CC[C@@H]2[C@@H](O)CCC[C@]12C. The molecule has 0 aliphatic heterocycles. The standard InChI is InChI=1S/C30H44O2Si/c1-23(26-18-19-27-28(31)17-12-21-30(26,27)5)20-22-32-33(29(2,3)4,24-13-8-6-9-14-24)25-15-10-7-11-16-25/h6-11,13-16,23,26-28,31H,12,17-22H2,1-5H3/t23-,26-,27-,28+,30-/m1/s1. The van der Waals surface area contributed by atoms with Crippen LogP contribution in [-0.4, -0.2) is 26.1 Å². The van der Waals surface area contributed by atoms with Gasteiger partial charge in [-0.25, -0.2) is 0 Å². The summed E-state index contributed by atoms with van der Waals surface area (Å²) in [6.45, 7) is 12.8. The summed E-state index contributed by atoms with van der Waals surface area (Å²) in [6.07, 6.45) is 6.91. The molecule has 2 saturated carbocycles. The zero-order valence-corrected chi connectivity index (χ0v) is 22.4. The Morgan fingerprint density at radius 2 is 1.55 bits per heavy atom. The smallest absolute Gasteiger partial charge is 0.261 e. The summed E-state index contributed by atoms with van der Waals surface area (Å²) in [7, 11) is -2.46. The quantitative estimate of drug-likeness (QED) is 0.497. The minimum Gasteiger partial charge on any atom is -0.407 e. The summed E-state index contributed by atoms with van der Waals surface area (Å²) in [5.74, 6) is 1.81. The van der Waals surface area contributed by atoms with Gasteiger partial charge in [-0.05, 0) is 70.7 Å². The van der Waals surface area contributed by atoms with Crippen LogP contribution in [-0.2, 0) is 4.43 Å². The molecule has 2 aliphatic carbocycles. The van der Waals surface area contributed by atoms with E-state index >= 15 is 0 Å². The third-order valence-corrected chi connectivity index (χ3v) is 14.2. The van der Waals surface area contributed by atoms with Gasteiger partial charge in [0.05, 0.1) is 6.10 Å². The van der Waals surface area contributed by atoms with Crippen LogP contribution in [0.2, 0.25) is 5.04 Å². The molecule has 4 rings (SSSR count). The number of fused-ring (bicyclic) bond motifs is 1. The first-order valence-electron chi connectivity index (χ1n) is 13.1. The largest absolute Gasteiger partial charge is 0.407 e. The van der Waals surface area contributed by atoms with E-state index in [0.717, 1.165) is 19.4 Å². The van der Waals surface area contributed by atoms with Gasteiger partial charge in [-0.2, -0.15) is 0 Å². The lowest BCUT2D eigenvalue weighted by Crippen LogP contribution is -2.66. The van der Waals surface area contributed by atoms with Gasteiger partial charge in [-0.1, -0.05) is 102 Å². The fourth-order valence-corrected chi connectivity index (χ4v) is 12.1. The van der Waals surface area contributed by atoms with Crippen molar-refractivity contribution >= 4 is 18.7 Å². The monoisotopic (exact) mass is 464 g/mol. The Morgan fingerprint density at radius 3 is 2.09 bits per heavy atom. The Kier molecular flexibility index (Phi) is 7.24. The van der Waals surface area contributed by atoms with Crippen molar-refractivity contribution in [2.24, 2.45) is 23.2 Å². The molecular formula is C30H44O2Si. The van der Waals surface area contributed by atoms with E-state index < -0.39 is 8.32 Å². The molecule has 0 heterocycles. The number of benzene rings is 2. The van der Waals surface area contributed by atoms with Crippen molar-refractivity contribution in [2.45, 2.75) is 84.3 Å². The van der Waals surface area contributed by atoms with Gasteiger partial charge in [0.2, 0.25) is 0 Å². The zero-order valence-electron chi connectivity index (χ0n) is 21.4. The van der Waals surface area contributed by atoms with Gasteiger partial charge >= 0.3 is 0 Å². The summed E-state index contributed by atoms with van der Waals surface area (Å²) in [5, 5.41) is 13.4. The molecule has 1 N–H and O–H groups in total. The molecule has 0 saturated heterocycles. The minimum absolute atomic E-state index is 0.0247. The molecule has 33 heavy (non-hydrogen) atoms. The summed E-state index contributed by atoms with van der Waals surface area (Å²) < 4.78 is 7.18. The maximum atomic E-state index is 10.6. The molecule has 3 heteroatoms. The van der Waals surface area contributed by atoms with Crippen LogP contribution in [0.15, 0.2) is 60.7 Å². The third-order valence-electron chi connectivity index (χ3n) is 9.16. The molecule has 5 atom stereocenters. The first kappa shape index (κ1) is 24.7. The van der Waals surface area contributed by atoms with Gasteiger partial charge in [0, 0.05) is 6.61 Å². The minimum atomic E-state index is -2.46. The fourth-order valence-electron chi connectivity index (χ4n) is 7.48. The normalized spacial score (nSPS) is 29.0. The molecule has 2 nitrogen and oxygen atoms in total.